The van der Waals surface area contributed by atoms with Gasteiger partial charge in [-0.1, -0.05) is 6.08 Å². The van der Waals surface area contributed by atoms with E-state index in [1.807, 2.05) is 20.8 Å². The summed E-state index contributed by atoms with van der Waals surface area (Å²) < 4.78 is 5.41. The molecule has 0 aromatic carbocycles. The molecular formula is C10H17NO2. The zero-order chi connectivity index (χ0) is 9.90. The summed E-state index contributed by atoms with van der Waals surface area (Å²) in [5.41, 5.74) is -0.198. The zero-order valence-corrected chi connectivity index (χ0v) is 8.46. The molecule has 3 heteroatoms. The van der Waals surface area contributed by atoms with Gasteiger partial charge in [0.2, 0.25) is 5.91 Å². The summed E-state index contributed by atoms with van der Waals surface area (Å²) in [4.78, 5) is 11.3. The van der Waals surface area contributed by atoms with Gasteiger partial charge in [0.15, 0.2) is 0 Å². The lowest BCUT2D eigenvalue weighted by molar-refractivity contribution is -0.118. The van der Waals surface area contributed by atoms with Crippen LogP contribution in [-0.2, 0) is 9.53 Å². The smallest absolute Gasteiger partial charge is 0.244 e. The number of carbonyl (C=O) groups is 1. The Morgan fingerprint density at radius 3 is 2.85 bits per heavy atom. The summed E-state index contributed by atoms with van der Waals surface area (Å²) >= 11 is 0. The van der Waals surface area contributed by atoms with Gasteiger partial charge in [0.25, 0.3) is 0 Å². The molecule has 1 heterocycles. The van der Waals surface area contributed by atoms with Crippen LogP contribution in [0.1, 0.15) is 27.2 Å². The van der Waals surface area contributed by atoms with Gasteiger partial charge < -0.3 is 10.1 Å². The van der Waals surface area contributed by atoms with Crippen LogP contribution in [0.25, 0.3) is 0 Å². The van der Waals surface area contributed by atoms with Gasteiger partial charge in [-0.05, 0) is 33.3 Å². The Morgan fingerprint density at radius 1 is 1.69 bits per heavy atom. The van der Waals surface area contributed by atoms with Gasteiger partial charge >= 0.3 is 0 Å². The van der Waals surface area contributed by atoms with Gasteiger partial charge in [-0.2, -0.15) is 0 Å². The van der Waals surface area contributed by atoms with Crippen molar-refractivity contribution in [2.75, 3.05) is 6.61 Å². The predicted octanol–water partition coefficient (Wildman–Crippen LogP) is 1.25. The third-order valence-electron chi connectivity index (χ3n) is 2.61. The zero-order valence-electron chi connectivity index (χ0n) is 8.46. The van der Waals surface area contributed by atoms with Crippen molar-refractivity contribution >= 4 is 5.91 Å². The first-order chi connectivity index (χ1) is 6.08. The van der Waals surface area contributed by atoms with Crippen molar-refractivity contribution < 1.29 is 9.53 Å². The number of hydrogen-bond donors (Lipinski definition) is 1. The molecule has 0 aliphatic carbocycles. The fourth-order valence-corrected chi connectivity index (χ4v) is 1.47. The van der Waals surface area contributed by atoms with Gasteiger partial charge in [-0.25, -0.2) is 0 Å². The highest BCUT2D eigenvalue weighted by molar-refractivity contribution is 5.88. The molecule has 0 saturated carbocycles. The number of carbonyl (C=O) groups excluding carboxylic acids is 1. The molecule has 1 aliphatic heterocycles. The molecule has 1 amide bonds. The second-order valence-electron chi connectivity index (χ2n) is 3.67. The Hall–Kier alpha value is -0.830. The van der Waals surface area contributed by atoms with Crippen LogP contribution in [0.2, 0.25) is 0 Å². The Labute approximate surface area is 79.2 Å². The first kappa shape index (κ1) is 10.3. The molecule has 3 nitrogen and oxygen atoms in total. The number of allylic oxidation sites excluding steroid dienone is 1. The number of hydrogen-bond acceptors (Lipinski definition) is 2. The first-order valence-corrected chi connectivity index (χ1v) is 4.65. The average Bonchev–Trinajstić information content (AvgIpc) is 2.32. The van der Waals surface area contributed by atoms with Gasteiger partial charge in [-0.3, -0.25) is 4.79 Å². The molecule has 2 atom stereocenters. The van der Waals surface area contributed by atoms with Crippen LogP contribution >= 0.6 is 0 Å². The topological polar surface area (TPSA) is 38.3 Å². The van der Waals surface area contributed by atoms with E-state index < -0.39 is 0 Å². The highest BCUT2D eigenvalue weighted by atomic mass is 16.5. The maximum absolute atomic E-state index is 11.3. The highest BCUT2D eigenvalue weighted by Crippen LogP contribution is 2.24. The molecule has 0 aromatic rings. The molecule has 2 unspecified atom stereocenters. The van der Waals surface area contributed by atoms with Crippen molar-refractivity contribution in [1.82, 2.24) is 5.32 Å². The molecule has 0 spiro atoms. The molecule has 1 rings (SSSR count). The monoisotopic (exact) mass is 183 g/mol. The largest absolute Gasteiger partial charge is 0.376 e. The van der Waals surface area contributed by atoms with Crippen molar-refractivity contribution in [3.05, 3.63) is 12.2 Å². The van der Waals surface area contributed by atoms with E-state index in [1.54, 1.807) is 6.08 Å². The van der Waals surface area contributed by atoms with E-state index >= 15 is 0 Å². The van der Waals surface area contributed by atoms with E-state index in [1.165, 1.54) is 6.08 Å². The molecule has 74 valence electrons. The second kappa shape index (κ2) is 3.92. The summed E-state index contributed by atoms with van der Waals surface area (Å²) in [5.74, 6) is -0.0395. The summed E-state index contributed by atoms with van der Waals surface area (Å²) in [5, 5.41) is 2.96. The van der Waals surface area contributed by atoms with Crippen LogP contribution in [-0.4, -0.2) is 24.2 Å². The normalized spacial score (nSPS) is 33.9. The molecule has 0 bridgehead atoms. The van der Waals surface area contributed by atoms with E-state index in [9.17, 15) is 4.79 Å². The average molecular weight is 183 g/mol. The van der Waals surface area contributed by atoms with Crippen LogP contribution in [0.4, 0.5) is 0 Å². The Balaban J connectivity index is 2.56. The van der Waals surface area contributed by atoms with Crippen LogP contribution in [0.5, 0.6) is 0 Å². The van der Waals surface area contributed by atoms with Gasteiger partial charge in [0, 0.05) is 6.61 Å². The van der Waals surface area contributed by atoms with Gasteiger partial charge in [-0.15, -0.1) is 0 Å². The Bertz CT molecular complexity index is 225. The summed E-state index contributed by atoms with van der Waals surface area (Å²) in [6.07, 6.45) is 4.26. The highest BCUT2D eigenvalue weighted by Gasteiger charge is 2.37. The van der Waals surface area contributed by atoms with Crippen molar-refractivity contribution in [3.8, 4) is 0 Å². The fourth-order valence-electron chi connectivity index (χ4n) is 1.47. The Morgan fingerprint density at radius 2 is 2.38 bits per heavy atom. The lowest BCUT2D eigenvalue weighted by Crippen LogP contribution is -2.50. The maximum atomic E-state index is 11.3. The van der Waals surface area contributed by atoms with E-state index in [4.69, 9.17) is 4.74 Å². The third-order valence-corrected chi connectivity index (χ3v) is 2.61. The van der Waals surface area contributed by atoms with Crippen molar-refractivity contribution in [2.45, 2.75) is 38.8 Å². The maximum Gasteiger partial charge on any atom is 0.244 e. The van der Waals surface area contributed by atoms with Crippen LogP contribution in [0.3, 0.4) is 0 Å². The Kier molecular flexibility index (Phi) is 3.09. The molecule has 1 fully saturated rings. The molecule has 1 saturated heterocycles. The quantitative estimate of drug-likeness (QED) is 0.654. The van der Waals surface area contributed by atoms with E-state index in [0.717, 1.165) is 13.0 Å². The van der Waals surface area contributed by atoms with E-state index in [0.29, 0.717) is 0 Å². The lowest BCUT2D eigenvalue weighted by atomic mass is 9.95. The van der Waals surface area contributed by atoms with Crippen molar-refractivity contribution in [3.63, 3.8) is 0 Å². The number of nitrogens with one attached hydrogen (secondary N) is 1. The lowest BCUT2D eigenvalue weighted by Gasteiger charge is -2.28. The fraction of sp³-hybridized carbons (Fsp3) is 0.700. The molecule has 1 N–H and O–H groups in total. The molecule has 13 heavy (non-hydrogen) atoms. The minimum absolute atomic E-state index is 0.0395. The van der Waals surface area contributed by atoms with E-state index in [-0.39, 0.29) is 17.6 Å². The summed E-state index contributed by atoms with van der Waals surface area (Å²) in [6.45, 7) is 6.57. The molecule has 0 radical (unpaired) electrons. The molecule has 0 aromatic heterocycles. The number of rotatable bonds is 2. The SMILES string of the molecule is C/C=C/C(=O)NC1(C)CCOC1C. The van der Waals surface area contributed by atoms with Crippen LogP contribution < -0.4 is 5.32 Å². The van der Waals surface area contributed by atoms with Gasteiger partial charge in [0.1, 0.15) is 0 Å². The minimum Gasteiger partial charge on any atom is -0.376 e. The minimum atomic E-state index is -0.198. The summed E-state index contributed by atoms with van der Waals surface area (Å²) in [6, 6.07) is 0. The van der Waals surface area contributed by atoms with Crippen LogP contribution in [0, 0.1) is 0 Å². The second-order valence-corrected chi connectivity index (χ2v) is 3.67. The standard InChI is InChI=1S/C10H17NO2/c1-4-5-9(12)11-10(3)6-7-13-8(10)2/h4-5,8H,6-7H2,1-3H3,(H,11,12)/b5-4+. The predicted molar refractivity (Wildman–Crippen MR) is 51.4 cm³/mol. The number of ether oxygens (including phenoxy) is 1. The first-order valence-electron chi connectivity index (χ1n) is 4.65. The molecular weight excluding hydrogens is 166 g/mol. The van der Waals surface area contributed by atoms with Crippen molar-refractivity contribution in [2.24, 2.45) is 0 Å². The molecule has 1 aliphatic rings. The van der Waals surface area contributed by atoms with E-state index in [2.05, 4.69) is 5.32 Å². The number of amides is 1. The van der Waals surface area contributed by atoms with Crippen LogP contribution in [0.15, 0.2) is 12.2 Å². The van der Waals surface area contributed by atoms with Crippen molar-refractivity contribution in [1.29, 1.82) is 0 Å². The third kappa shape index (κ3) is 2.31. The van der Waals surface area contributed by atoms with Gasteiger partial charge in [0.05, 0.1) is 11.6 Å². The summed E-state index contributed by atoms with van der Waals surface area (Å²) in [7, 11) is 0.